The zero-order valence-electron chi connectivity index (χ0n) is 15.0. The molecule has 0 bridgehead atoms. The number of amides is 1. The molecule has 0 spiro atoms. The smallest absolute Gasteiger partial charge is 0.274 e. The molecule has 0 fully saturated rings. The third kappa shape index (κ3) is 3.88. The van der Waals surface area contributed by atoms with Crippen LogP contribution in [0.4, 0.5) is 17.2 Å². The molecule has 28 heavy (non-hydrogen) atoms. The van der Waals surface area contributed by atoms with Gasteiger partial charge in [0.2, 0.25) is 0 Å². The molecular formula is C21H18N6O. The molecule has 0 atom stereocenters. The minimum absolute atomic E-state index is 0.271. The van der Waals surface area contributed by atoms with E-state index in [1.807, 2.05) is 36.4 Å². The quantitative estimate of drug-likeness (QED) is 0.497. The predicted molar refractivity (Wildman–Crippen MR) is 110 cm³/mol. The summed E-state index contributed by atoms with van der Waals surface area (Å²) in [5.74, 6) is 0.154. The number of carbonyl (C=O) groups excluding carboxylic acids is 1. The molecule has 0 saturated heterocycles. The number of carbonyl (C=O) groups is 1. The molecule has 7 nitrogen and oxygen atoms in total. The topological polar surface area (TPSA) is 106 Å². The van der Waals surface area contributed by atoms with Crippen LogP contribution in [0.15, 0.2) is 73.1 Å². The number of pyridine rings is 3. The third-order valence-corrected chi connectivity index (χ3v) is 4.20. The van der Waals surface area contributed by atoms with Gasteiger partial charge in [0.1, 0.15) is 11.5 Å². The molecule has 3 aromatic heterocycles. The maximum absolute atomic E-state index is 12.6. The summed E-state index contributed by atoms with van der Waals surface area (Å²) in [4.78, 5) is 25.3. The Morgan fingerprint density at radius 2 is 1.86 bits per heavy atom. The van der Waals surface area contributed by atoms with Crippen molar-refractivity contribution in [1.29, 1.82) is 0 Å². The molecule has 7 heteroatoms. The first-order valence-corrected chi connectivity index (χ1v) is 8.75. The van der Waals surface area contributed by atoms with Crippen LogP contribution in [0.1, 0.15) is 16.2 Å². The van der Waals surface area contributed by atoms with Crippen molar-refractivity contribution in [2.45, 2.75) is 6.54 Å². The van der Waals surface area contributed by atoms with Gasteiger partial charge in [-0.15, -0.1) is 0 Å². The first kappa shape index (κ1) is 17.4. The lowest BCUT2D eigenvalue weighted by molar-refractivity contribution is 0.102. The molecule has 0 aliphatic heterocycles. The van der Waals surface area contributed by atoms with E-state index in [1.165, 1.54) is 0 Å². The summed E-state index contributed by atoms with van der Waals surface area (Å²) in [7, 11) is 0. The summed E-state index contributed by atoms with van der Waals surface area (Å²) in [5.41, 5.74) is 9.10. The standard InChI is InChI=1S/C21H18N6O/c22-20-18(6-3-10-24-20)25-13-16-12-15(9-11-23-16)26-21(28)19-8-7-14-4-1-2-5-17(14)27-19/h1-12,25H,13H2,(H2,22,24)(H,23,26,28). The van der Waals surface area contributed by atoms with Crippen molar-refractivity contribution in [3.8, 4) is 0 Å². The Balaban J connectivity index is 1.46. The second-order valence-corrected chi connectivity index (χ2v) is 6.17. The molecule has 0 aliphatic carbocycles. The van der Waals surface area contributed by atoms with Gasteiger partial charge < -0.3 is 16.4 Å². The SMILES string of the molecule is Nc1ncccc1NCc1cc(NC(=O)c2ccc3ccccc3n2)ccn1. The van der Waals surface area contributed by atoms with E-state index in [0.29, 0.717) is 23.7 Å². The molecular weight excluding hydrogens is 352 g/mol. The van der Waals surface area contributed by atoms with Gasteiger partial charge in [-0.3, -0.25) is 9.78 Å². The van der Waals surface area contributed by atoms with Gasteiger partial charge in [0.25, 0.3) is 5.91 Å². The fourth-order valence-electron chi connectivity index (χ4n) is 2.79. The van der Waals surface area contributed by atoms with Gasteiger partial charge in [-0.25, -0.2) is 9.97 Å². The lowest BCUT2D eigenvalue weighted by Gasteiger charge is -2.10. The number of nitrogens with two attached hydrogens (primary N) is 1. The molecule has 4 N–H and O–H groups in total. The number of nitrogens with zero attached hydrogens (tertiary/aromatic N) is 3. The van der Waals surface area contributed by atoms with E-state index in [2.05, 4.69) is 25.6 Å². The highest BCUT2D eigenvalue weighted by atomic mass is 16.1. The third-order valence-electron chi connectivity index (χ3n) is 4.20. The van der Waals surface area contributed by atoms with E-state index in [9.17, 15) is 4.79 Å². The van der Waals surface area contributed by atoms with E-state index in [1.54, 1.807) is 36.7 Å². The van der Waals surface area contributed by atoms with Crippen LogP contribution in [-0.2, 0) is 6.54 Å². The van der Waals surface area contributed by atoms with E-state index >= 15 is 0 Å². The zero-order chi connectivity index (χ0) is 19.3. The molecule has 0 saturated carbocycles. The van der Waals surface area contributed by atoms with Crippen LogP contribution in [-0.4, -0.2) is 20.9 Å². The number of fused-ring (bicyclic) bond motifs is 1. The number of para-hydroxylation sites is 1. The molecule has 1 amide bonds. The number of nitrogen functional groups attached to an aromatic ring is 1. The van der Waals surface area contributed by atoms with Crippen LogP contribution in [0.2, 0.25) is 0 Å². The van der Waals surface area contributed by atoms with Gasteiger partial charge in [-0.2, -0.15) is 0 Å². The van der Waals surface area contributed by atoms with E-state index in [0.717, 1.165) is 22.3 Å². The summed E-state index contributed by atoms with van der Waals surface area (Å²) in [6, 6.07) is 18.5. The van der Waals surface area contributed by atoms with Crippen molar-refractivity contribution in [2.24, 2.45) is 0 Å². The Morgan fingerprint density at radius 1 is 0.964 bits per heavy atom. The molecule has 0 aliphatic rings. The molecule has 0 radical (unpaired) electrons. The van der Waals surface area contributed by atoms with Gasteiger partial charge in [0, 0.05) is 23.5 Å². The molecule has 4 rings (SSSR count). The van der Waals surface area contributed by atoms with Crippen molar-refractivity contribution in [2.75, 3.05) is 16.4 Å². The summed E-state index contributed by atoms with van der Waals surface area (Å²) in [6.07, 6.45) is 3.28. The summed E-state index contributed by atoms with van der Waals surface area (Å²) < 4.78 is 0. The van der Waals surface area contributed by atoms with Crippen molar-refractivity contribution in [3.05, 3.63) is 84.4 Å². The summed E-state index contributed by atoms with van der Waals surface area (Å²) in [6.45, 7) is 0.452. The first-order chi connectivity index (χ1) is 13.7. The average molecular weight is 370 g/mol. The van der Waals surface area contributed by atoms with Gasteiger partial charge >= 0.3 is 0 Å². The Kier molecular flexibility index (Phi) is 4.79. The molecule has 1 aromatic carbocycles. The van der Waals surface area contributed by atoms with Crippen LogP contribution in [0.25, 0.3) is 10.9 Å². The largest absolute Gasteiger partial charge is 0.382 e. The Morgan fingerprint density at radius 3 is 2.75 bits per heavy atom. The maximum Gasteiger partial charge on any atom is 0.274 e. The van der Waals surface area contributed by atoms with E-state index < -0.39 is 0 Å². The van der Waals surface area contributed by atoms with Crippen LogP contribution in [0, 0.1) is 0 Å². The number of hydrogen-bond donors (Lipinski definition) is 3. The number of nitrogens with one attached hydrogen (secondary N) is 2. The summed E-state index contributed by atoms with van der Waals surface area (Å²) in [5, 5.41) is 7.04. The minimum atomic E-state index is -0.271. The van der Waals surface area contributed by atoms with Crippen LogP contribution in [0.3, 0.4) is 0 Å². The number of aromatic nitrogens is 3. The highest BCUT2D eigenvalue weighted by Crippen LogP contribution is 2.17. The van der Waals surface area contributed by atoms with E-state index in [4.69, 9.17) is 5.73 Å². The molecule has 3 heterocycles. The fraction of sp³-hybridized carbons (Fsp3) is 0.0476. The Bertz CT molecular complexity index is 1140. The average Bonchev–Trinajstić information content (AvgIpc) is 2.73. The van der Waals surface area contributed by atoms with Gasteiger partial charge in [0.15, 0.2) is 0 Å². The second-order valence-electron chi connectivity index (χ2n) is 6.17. The van der Waals surface area contributed by atoms with Crippen LogP contribution in [0.5, 0.6) is 0 Å². The fourth-order valence-corrected chi connectivity index (χ4v) is 2.79. The Labute approximate surface area is 161 Å². The monoisotopic (exact) mass is 370 g/mol. The van der Waals surface area contributed by atoms with Crippen molar-refractivity contribution in [1.82, 2.24) is 15.0 Å². The highest BCUT2D eigenvalue weighted by Gasteiger charge is 2.09. The summed E-state index contributed by atoms with van der Waals surface area (Å²) >= 11 is 0. The van der Waals surface area contributed by atoms with Gasteiger partial charge in [-0.1, -0.05) is 24.3 Å². The first-order valence-electron chi connectivity index (χ1n) is 8.75. The van der Waals surface area contributed by atoms with Gasteiger partial charge in [-0.05, 0) is 36.4 Å². The van der Waals surface area contributed by atoms with Crippen LogP contribution < -0.4 is 16.4 Å². The van der Waals surface area contributed by atoms with E-state index in [-0.39, 0.29) is 5.91 Å². The van der Waals surface area contributed by atoms with Crippen molar-refractivity contribution < 1.29 is 4.79 Å². The molecule has 138 valence electrons. The number of anilines is 3. The van der Waals surface area contributed by atoms with Crippen molar-refractivity contribution >= 4 is 34.0 Å². The van der Waals surface area contributed by atoms with Crippen molar-refractivity contribution in [3.63, 3.8) is 0 Å². The lowest BCUT2D eigenvalue weighted by atomic mass is 10.2. The zero-order valence-corrected chi connectivity index (χ0v) is 15.0. The number of hydrogen-bond acceptors (Lipinski definition) is 6. The number of rotatable bonds is 5. The maximum atomic E-state index is 12.6. The number of benzene rings is 1. The minimum Gasteiger partial charge on any atom is -0.382 e. The molecule has 0 unspecified atom stereocenters. The normalized spacial score (nSPS) is 10.6. The Hall–Kier alpha value is -4.00. The highest BCUT2D eigenvalue weighted by molar-refractivity contribution is 6.04. The lowest BCUT2D eigenvalue weighted by Crippen LogP contribution is -2.14. The molecule has 4 aromatic rings. The predicted octanol–water partition coefficient (Wildman–Crippen LogP) is 3.47. The van der Waals surface area contributed by atoms with Gasteiger partial charge in [0.05, 0.1) is 23.4 Å². The van der Waals surface area contributed by atoms with Crippen LogP contribution >= 0.6 is 0 Å². The second kappa shape index (κ2) is 7.71.